The maximum absolute atomic E-state index is 13.0. The Morgan fingerprint density at radius 3 is 2.15 bits per heavy atom. The quantitative estimate of drug-likeness (QED) is 0.153. The van der Waals surface area contributed by atoms with Gasteiger partial charge in [-0.05, 0) is 24.3 Å². The number of benzene rings is 1. The van der Waals surface area contributed by atoms with Gasteiger partial charge in [-0.2, -0.15) is 0 Å². The standard InChI is InChI=1S/C24H38N4O5/c1-4-5-7-12-18(15-21(29)28-33)23(31)27-20(13-16(2)3)24(32)26-19(22(25)30)14-17-10-8-6-9-11-17/h6,8-11,16,18-20,33H,4-5,7,12-15H2,1-3H3,(H2,25,30)(H,26,32)(H,27,31)(H,28,29)/t18-,19+,20+/m1/s1. The zero-order valence-electron chi connectivity index (χ0n) is 19.8. The van der Waals surface area contributed by atoms with Gasteiger partial charge in [0.1, 0.15) is 12.1 Å². The molecule has 1 aromatic rings. The van der Waals surface area contributed by atoms with Crippen LogP contribution in [0, 0.1) is 11.8 Å². The number of rotatable bonds is 15. The number of unbranched alkanes of at least 4 members (excludes halogenated alkanes) is 2. The molecule has 0 saturated carbocycles. The van der Waals surface area contributed by atoms with Crippen LogP contribution in [0.1, 0.15) is 64.9 Å². The molecule has 0 aliphatic carbocycles. The molecule has 0 bridgehead atoms. The molecule has 0 aliphatic rings. The summed E-state index contributed by atoms with van der Waals surface area (Å²) in [6, 6.07) is 7.37. The molecule has 0 aliphatic heterocycles. The smallest absolute Gasteiger partial charge is 0.244 e. The minimum atomic E-state index is -0.924. The lowest BCUT2D eigenvalue weighted by Crippen LogP contribution is -2.54. The first-order valence-electron chi connectivity index (χ1n) is 11.5. The molecule has 9 heteroatoms. The zero-order valence-corrected chi connectivity index (χ0v) is 19.8. The van der Waals surface area contributed by atoms with Gasteiger partial charge in [0.25, 0.3) is 0 Å². The van der Waals surface area contributed by atoms with Crippen LogP contribution in [0.25, 0.3) is 0 Å². The Morgan fingerprint density at radius 2 is 1.61 bits per heavy atom. The van der Waals surface area contributed by atoms with Crippen molar-refractivity contribution in [2.24, 2.45) is 17.6 Å². The summed E-state index contributed by atoms with van der Waals surface area (Å²) in [6.07, 6.45) is 3.47. The number of hydroxylamine groups is 1. The highest BCUT2D eigenvalue weighted by Gasteiger charge is 2.29. The first-order valence-corrected chi connectivity index (χ1v) is 11.5. The second-order valence-electron chi connectivity index (χ2n) is 8.78. The molecule has 0 saturated heterocycles. The van der Waals surface area contributed by atoms with E-state index in [0.717, 1.165) is 24.8 Å². The van der Waals surface area contributed by atoms with E-state index in [9.17, 15) is 19.2 Å². The van der Waals surface area contributed by atoms with Gasteiger partial charge < -0.3 is 16.4 Å². The van der Waals surface area contributed by atoms with Gasteiger partial charge in [0.15, 0.2) is 0 Å². The fourth-order valence-electron chi connectivity index (χ4n) is 3.57. The van der Waals surface area contributed by atoms with Gasteiger partial charge in [0, 0.05) is 18.8 Å². The molecule has 184 valence electrons. The van der Waals surface area contributed by atoms with Crippen molar-refractivity contribution in [3.63, 3.8) is 0 Å². The normalized spacial score (nSPS) is 13.6. The molecule has 1 rings (SSSR count). The summed E-state index contributed by atoms with van der Waals surface area (Å²) < 4.78 is 0. The van der Waals surface area contributed by atoms with Crippen LogP contribution in [-0.4, -0.2) is 40.9 Å². The molecule has 6 N–H and O–H groups in total. The lowest BCUT2D eigenvalue weighted by Gasteiger charge is -2.25. The van der Waals surface area contributed by atoms with Crippen LogP contribution in [0.4, 0.5) is 0 Å². The summed E-state index contributed by atoms with van der Waals surface area (Å²) in [4.78, 5) is 49.6. The van der Waals surface area contributed by atoms with Crippen molar-refractivity contribution in [1.29, 1.82) is 0 Å². The number of nitrogens with two attached hydrogens (primary N) is 1. The number of hydrogen-bond acceptors (Lipinski definition) is 5. The number of amides is 4. The average molecular weight is 463 g/mol. The molecule has 0 aromatic heterocycles. The van der Waals surface area contributed by atoms with Crippen LogP contribution in [0.2, 0.25) is 0 Å². The van der Waals surface area contributed by atoms with Crippen LogP contribution in [-0.2, 0) is 25.6 Å². The van der Waals surface area contributed by atoms with E-state index >= 15 is 0 Å². The SMILES string of the molecule is CCCCC[C@H](CC(=O)NO)C(=O)N[C@@H](CC(C)C)C(=O)N[C@@H](Cc1ccccc1)C(N)=O. The van der Waals surface area contributed by atoms with Crippen molar-refractivity contribution in [2.75, 3.05) is 0 Å². The van der Waals surface area contributed by atoms with Crippen LogP contribution in [0.5, 0.6) is 0 Å². The van der Waals surface area contributed by atoms with Gasteiger partial charge in [-0.3, -0.25) is 24.4 Å². The van der Waals surface area contributed by atoms with E-state index in [1.54, 1.807) is 5.48 Å². The second-order valence-corrected chi connectivity index (χ2v) is 8.78. The minimum absolute atomic E-state index is 0.0847. The van der Waals surface area contributed by atoms with Gasteiger partial charge in [-0.1, -0.05) is 70.4 Å². The van der Waals surface area contributed by atoms with Crippen molar-refractivity contribution in [1.82, 2.24) is 16.1 Å². The molecular formula is C24H38N4O5. The van der Waals surface area contributed by atoms with Crippen molar-refractivity contribution in [2.45, 2.75) is 77.8 Å². The Bertz CT molecular complexity index is 769. The fraction of sp³-hybridized carbons (Fsp3) is 0.583. The van der Waals surface area contributed by atoms with Gasteiger partial charge in [0.05, 0.1) is 0 Å². The van der Waals surface area contributed by atoms with Crippen LogP contribution >= 0.6 is 0 Å². The predicted octanol–water partition coefficient (Wildman–Crippen LogP) is 1.82. The van der Waals surface area contributed by atoms with Crippen molar-refractivity contribution >= 4 is 23.6 Å². The molecule has 0 fully saturated rings. The number of primary amides is 1. The number of hydrogen-bond donors (Lipinski definition) is 5. The Kier molecular flexibility index (Phi) is 12.8. The highest BCUT2D eigenvalue weighted by molar-refractivity contribution is 5.93. The lowest BCUT2D eigenvalue weighted by atomic mass is 9.95. The Hall–Kier alpha value is -2.94. The molecular weight excluding hydrogens is 424 g/mol. The van der Waals surface area contributed by atoms with Crippen LogP contribution in [0.3, 0.4) is 0 Å². The zero-order chi connectivity index (χ0) is 24.8. The molecule has 0 spiro atoms. The molecule has 0 radical (unpaired) electrons. The van der Waals surface area contributed by atoms with Gasteiger partial charge >= 0.3 is 0 Å². The van der Waals surface area contributed by atoms with Gasteiger partial charge in [-0.15, -0.1) is 0 Å². The van der Waals surface area contributed by atoms with Crippen molar-refractivity contribution in [3.05, 3.63) is 35.9 Å². The first kappa shape index (κ1) is 28.1. The molecule has 9 nitrogen and oxygen atoms in total. The second kappa shape index (κ2) is 15.0. The molecule has 33 heavy (non-hydrogen) atoms. The molecule has 0 unspecified atom stereocenters. The summed E-state index contributed by atoms with van der Waals surface area (Å²) in [5.74, 6) is -2.86. The topological polar surface area (TPSA) is 151 Å². The predicted molar refractivity (Wildman–Crippen MR) is 125 cm³/mol. The van der Waals surface area contributed by atoms with E-state index in [4.69, 9.17) is 10.9 Å². The highest BCUT2D eigenvalue weighted by atomic mass is 16.5. The third-order valence-corrected chi connectivity index (χ3v) is 5.37. The Balaban J connectivity index is 2.93. The van der Waals surface area contributed by atoms with E-state index in [1.807, 2.05) is 51.1 Å². The number of nitrogens with one attached hydrogen (secondary N) is 3. The maximum atomic E-state index is 13.0. The van der Waals surface area contributed by atoms with E-state index in [2.05, 4.69) is 10.6 Å². The van der Waals surface area contributed by atoms with Gasteiger partial charge in [-0.25, -0.2) is 5.48 Å². The minimum Gasteiger partial charge on any atom is -0.368 e. The number of carbonyl (C=O) groups is 4. The highest BCUT2D eigenvalue weighted by Crippen LogP contribution is 2.16. The fourth-order valence-corrected chi connectivity index (χ4v) is 3.57. The largest absolute Gasteiger partial charge is 0.368 e. The molecule has 3 atom stereocenters. The Labute approximate surface area is 195 Å². The van der Waals surface area contributed by atoms with E-state index in [-0.39, 0.29) is 18.8 Å². The summed E-state index contributed by atoms with van der Waals surface area (Å²) >= 11 is 0. The van der Waals surface area contributed by atoms with E-state index < -0.39 is 41.6 Å². The average Bonchev–Trinajstić information content (AvgIpc) is 2.77. The monoisotopic (exact) mass is 462 g/mol. The lowest BCUT2D eigenvalue weighted by molar-refractivity contribution is -0.137. The Morgan fingerprint density at radius 1 is 0.970 bits per heavy atom. The summed E-state index contributed by atoms with van der Waals surface area (Å²) in [5, 5.41) is 14.3. The summed E-state index contributed by atoms with van der Waals surface area (Å²) in [7, 11) is 0. The number of carbonyl (C=O) groups excluding carboxylic acids is 4. The van der Waals surface area contributed by atoms with E-state index in [1.165, 1.54) is 0 Å². The van der Waals surface area contributed by atoms with Crippen molar-refractivity contribution < 1.29 is 24.4 Å². The molecule has 4 amide bonds. The van der Waals surface area contributed by atoms with Crippen molar-refractivity contribution in [3.8, 4) is 0 Å². The molecule has 0 heterocycles. The van der Waals surface area contributed by atoms with Crippen LogP contribution in [0.15, 0.2) is 30.3 Å². The third-order valence-electron chi connectivity index (χ3n) is 5.37. The molecule has 1 aromatic carbocycles. The summed E-state index contributed by atoms with van der Waals surface area (Å²) in [6.45, 7) is 5.86. The first-order chi connectivity index (χ1) is 15.7. The maximum Gasteiger partial charge on any atom is 0.244 e. The van der Waals surface area contributed by atoms with E-state index in [0.29, 0.717) is 12.8 Å². The van der Waals surface area contributed by atoms with Gasteiger partial charge in [0.2, 0.25) is 23.6 Å². The summed E-state index contributed by atoms with van der Waals surface area (Å²) in [5.41, 5.74) is 7.92. The van der Waals surface area contributed by atoms with Crippen LogP contribution < -0.4 is 21.8 Å². The third kappa shape index (κ3) is 11.0.